The Morgan fingerprint density at radius 2 is 2.38 bits per heavy atom. The molecule has 0 saturated heterocycles. The molecule has 1 atom stereocenters. The number of halogens is 1. The highest BCUT2D eigenvalue weighted by atomic mass is 35.5. The van der Waals surface area contributed by atoms with Crippen molar-refractivity contribution in [3.8, 4) is 0 Å². The van der Waals surface area contributed by atoms with Gasteiger partial charge in [0.25, 0.3) is 0 Å². The van der Waals surface area contributed by atoms with Crippen LogP contribution in [-0.4, -0.2) is 26.9 Å². The number of hydrogen-bond acceptors (Lipinski definition) is 3. The molecule has 1 heterocycles. The van der Waals surface area contributed by atoms with Crippen LogP contribution in [0.3, 0.4) is 0 Å². The van der Waals surface area contributed by atoms with Crippen LogP contribution in [0.15, 0.2) is 6.20 Å². The second kappa shape index (κ2) is 7.20. The van der Waals surface area contributed by atoms with Gasteiger partial charge in [0, 0.05) is 6.54 Å². The van der Waals surface area contributed by atoms with E-state index >= 15 is 0 Å². The van der Waals surface area contributed by atoms with Crippen LogP contribution in [0.1, 0.15) is 38.0 Å². The molecule has 0 saturated carbocycles. The van der Waals surface area contributed by atoms with E-state index in [-0.39, 0.29) is 0 Å². The quantitative estimate of drug-likeness (QED) is 0.768. The van der Waals surface area contributed by atoms with Crippen molar-refractivity contribution < 1.29 is 5.11 Å². The first-order valence-electron chi connectivity index (χ1n) is 5.58. The summed E-state index contributed by atoms with van der Waals surface area (Å²) in [6.45, 7) is 2.89. The highest BCUT2D eigenvalue weighted by molar-refractivity contribution is 7.98. The molecule has 0 fully saturated rings. The Balaban J connectivity index is 2.65. The van der Waals surface area contributed by atoms with Crippen molar-refractivity contribution in [3.63, 3.8) is 0 Å². The summed E-state index contributed by atoms with van der Waals surface area (Å²) in [5, 5.41) is 14.8. The lowest BCUT2D eigenvalue weighted by atomic mass is 10.1. The summed E-state index contributed by atoms with van der Waals surface area (Å²) in [4.78, 5) is 0. The molecule has 0 amide bonds. The van der Waals surface area contributed by atoms with E-state index in [1.54, 1.807) is 18.0 Å². The van der Waals surface area contributed by atoms with Crippen molar-refractivity contribution >= 4 is 23.4 Å². The molecular weight excluding hydrogens is 244 g/mol. The lowest BCUT2D eigenvalue weighted by Gasteiger charge is -2.13. The molecule has 0 aliphatic rings. The monoisotopic (exact) mass is 262 g/mol. The molecule has 1 N–H and O–H groups in total. The van der Waals surface area contributed by atoms with E-state index in [1.165, 1.54) is 0 Å². The lowest BCUT2D eigenvalue weighted by molar-refractivity contribution is 0.155. The molecule has 3 nitrogen and oxygen atoms in total. The van der Waals surface area contributed by atoms with Crippen LogP contribution in [0.25, 0.3) is 0 Å². The molecule has 16 heavy (non-hydrogen) atoms. The SMILES string of the molecule is CCCn1ncc(Cl)c1C(O)CCCSC. The average molecular weight is 263 g/mol. The fraction of sp³-hybridized carbons (Fsp3) is 0.727. The van der Waals surface area contributed by atoms with Crippen molar-refractivity contribution in [2.75, 3.05) is 12.0 Å². The minimum atomic E-state index is -0.492. The molecule has 0 bridgehead atoms. The Bertz CT molecular complexity index is 317. The van der Waals surface area contributed by atoms with Crippen molar-refractivity contribution in [1.82, 2.24) is 9.78 Å². The van der Waals surface area contributed by atoms with E-state index in [9.17, 15) is 5.11 Å². The molecule has 1 rings (SSSR count). The zero-order valence-electron chi connectivity index (χ0n) is 9.82. The highest BCUT2D eigenvalue weighted by Crippen LogP contribution is 2.26. The van der Waals surface area contributed by atoms with Crippen LogP contribution in [0.2, 0.25) is 5.02 Å². The summed E-state index contributed by atoms with van der Waals surface area (Å²) in [6, 6.07) is 0. The van der Waals surface area contributed by atoms with Crippen LogP contribution in [-0.2, 0) is 6.54 Å². The van der Waals surface area contributed by atoms with Gasteiger partial charge in [-0.2, -0.15) is 16.9 Å². The number of rotatable bonds is 7. The van der Waals surface area contributed by atoms with Gasteiger partial charge in [0.15, 0.2) is 0 Å². The number of hydrogen-bond donors (Lipinski definition) is 1. The van der Waals surface area contributed by atoms with Gasteiger partial charge in [0.1, 0.15) is 0 Å². The first kappa shape index (κ1) is 13.9. The molecule has 0 aliphatic carbocycles. The molecule has 1 aromatic heterocycles. The van der Waals surface area contributed by atoms with Gasteiger partial charge < -0.3 is 5.11 Å². The molecule has 0 aromatic carbocycles. The van der Waals surface area contributed by atoms with Gasteiger partial charge in [-0.05, 0) is 31.3 Å². The Hall–Kier alpha value is -0.190. The van der Waals surface area contributed by atoms with E-state index in [1.807, 2.05) is 4.68 Å². The minimum Gasteiger partial charge on any atom is -0.387 e. The molecular formula is C11H19ClN2OS. The summed E-state index contributed by atoms with van der Waals surface area (Å²) in [6.07, 6.45) is 5.92. The fourth-order valence-electron chi connectivity index (χ4n) is 1.65. The number of aliphatic hydroxyl groups is 1. The number of aliphatic hydroxyl groups excluding tert-OH is 1. The van der Waals surface area contributed by atoms with Crippen LogP contribution in [0.5, 0.6) is 0 Å². The first-order chi connectivity index (χ1) is 7.70. The normalized spacial score (nSPS) is 13.0. The van der Waals surface area contributed by atoms with Crippen LogP contribution < -0.4 is 0 Å². The summed E-state index contributed by atoms with van der Waals surface area (Å²) in [7, 11) is 0. The first-order valence-corrected chi connectivity index (χ1v) is 7.36. The van der Waals surface area contributed by atoms with Gasteiger partial charge >= 0.3 is 0 Å². The Labute approximate surface area is 106 Å². The predicted molar refractivity (Wildman–Crippen MR) is 70.1 cm³/mol. The maximum atomic E-state index is 10.1. The number of thioether (sulfide) groups is 1. The largest absolute Gasteiger partial charge is 0.387 e. The maximum Gasteiger partial charge on any atom is 0.0972 e. The summed E-state index contributed by atoms with van der Waals surface area (Å²) < 4.78 is 1.81. The van der Waals surface area contributed by atoms with E-state index in [0.29, 0.717) is 5.02 Å². The zero-order valence-corrected chi connectivity index (χ0v) is 11.4. The zero-order chi connectivity index (χ0) is 12.0. The average Bonchev–Trinajstić information content (AvgIpc) is 2.61. The van der Waals surface area contributed by atoms with Gasteiger partial charge in [-0.3, -0.25) is 4.68 Å². The van der Waals surface area contributed by atoms with Gasteiger partial charge in [0.2, 0.25) is 0 Å². The second-order valence-electron chi connectivity index (χ2n) is 3.75. The predicted octanol–water partition coefficient (Wildman–Crippen LogP) is 3.12. The molecule has 5 heteroatoms. The molecule has 1 unspecified atom stereocenters. The Morgan fingerprint density at radius 1 is 1.62 bits per heavy atom. The van der Waals surface area contributed by atoms with Crippen molar-refractivity contribution in [2.45, 2.75) is 38.8 Å². The smallest absolute Gasteiger partial charge is 0.0972 e. The van der Waals surface area contributed by atoms with E-state index in [4.69, 9.17) is 11.6 Å². The molecule has 1 aromatic rings. The summed E-state index contributed by atoms with van der Waals surface area (Å²) in [5.41, 5.74) is 0.768. The van der Waals surface area contributed by atoms with Gasteiger partial charge in [-0.25, -0.2) is 0 Å². The highest BCUT2D eigenvalue weighted by Gasteiger charge is 2.17. The van der Waals surface area contributed by atoms with Crippen LogP contribution in [0.4, 0.5) is 0 Å². The fourth-order valence-corrected chi connectivity index (χ4v) is 2.37. The van der Waals surface area contributed by atoms with Crippen molar-refractivity contribution in [1.29, 1.82) is 0 Å². The number of aryl methyl sites for hydroxylation is 1. The third kappa shape index (κ3) is 3.68. The standard InChI is InChI=1S/C11H19ClN2OS/c1-3-6-14-11(9(12)8-13-14)10(15)5-4-7-16-2/h8,10,15H,3-7H2,1-2H3. The Kier molecular flexibility index (Phi) is 6.24. The minimum absolute atomic E-state index is 0.492. The van der Waals surface area contributed by atoms with Crippen LogP contribution in [0, 0.1) is 0 Å². The maximum absolute atomic E-state index is 10.1. The van der Waals surface area contributed by atoms with E-state index < -0.39 is 6.10 Å². The molecule has 0 spiro atoms. The third-order valence-corrected chi connectivity index (χ3v) is 3.40. The molecule has 0 aliphatic heterocycles. The van der Waals surface area contributed by atoms with Crippen molar-refractivity contribution in [3.05, 3.63) is 16.9 Å². The second-order valence-corrected chi connectivity index (χ2v) is 5.14. The summed E-state index contributed by atoms with van der Waals surface area (Å²) >= 11 is 7.83. The van der Waals surface area contributed by atoms with Crippen LogP contribution >= 0.6 is 23.4 Å². The van der Waals surface area contributed by atoms with E-state index in [2.05, 4.69) is 18.3 Å². The topological polar surface area (TPSA) is 38.0 Å². The van der Waals surface area contributed by atoms with Gasteiger partial charge in [-0.1, -0.05) is 18.5 Å². The van der Waals surface area contributed by atoms with Gasteiger partial charge in [0.05, 0.1) is 23.0 Å². The third-order valence-electron chi connectivity index (χ3n) is 2.41. The molecule has 0 radical (unpaired) electrons. The van der Waals surface area contributed by atoms with E-state index in [0.717, 1.165) is 37.3 Å². The summed E-state index contributed by atoms with van der Waals surface area (Å²) in [5.74, 6) is 1.07. The number of nitrogens with zero attached hydrogens (tertiary/aromatic N) is 2. The molecule has 92 valence electrons. The lowest BCUT2D eigenvalue weighted by Crippen LogP contribution is -2.09. The Morgan fingerprint density at radius 3 is 3.00 bits per heavy atom. The number of aromatic nitrogens is 2. The van der Waals surface area contributed by atoms with Gasteiger partial charge in [-0.15, -0.1) is 0 Å². The van der Waals surface area contributed by atoms with Crippen molar-refractivity contribution in [2.24, 2.45) is 0 Å².